The Morgan fingerprint density at radius 1 is 0.326 bits per heavy atom. The van der Waals surface area contributed by atoms with Crippen molar-refractivity contribution in [2.45, 2.75) is 355 Å². The Bertz CT molecular complexity index is 1690. The minimum Gasteiger partial charge on any atom is -0.462 e. The van der Waals surface area contributed by atoms with Gasteiger partial charge >= 0.3 is 39.5 Å². The topological polar surface area (TPSA) is 237 Å². The number of phosphoric ester groups is 2. The van der Waals surface area contributed by atoms with Gasteiger partial charge in [0.05, 0.1) is 26.4 Å². The molecular weight excluding hydrogens is 1140 g/mol. The van der Waals surface area contributed by atoms with Crippen molar-refractivity contribution >= 4 is 39.5 Å². The summed E-state index contributed by atoms with van der Waals surface area (Å²) in [4.78, 5) is 71.9. The zero-order chi connectivity index (χ0) is 63.6. The third-order valence-corrected chi connectivity index (χ3v) is 18.1. The van der Waals surface area contributed by atoms with Crippen LogP contribution in [-0.2, 0) is 65.4 Å². The van der Waals surface area contributed by atoms with E-state index in [0.717, 1.165) is 121 Å². The van der Waals surface area contributed by atoms with E-state index >= 15 is 0 Å². The lowest BCUT2D eigenvalue weighted by Crippen LogP contribution is -2.30. The molecule has 0 amide bonds. The Morgan fingerprint density at radius 2 is 0.558 bits per heavy atom. The number of carbonyl (C=O) groups excluding carboxylic acids is 4. The van der Waals surface area contributed by atoms with Gasteiger partial charge in [-0.3, -0.25) is 37.3 Å². The highest BCUT2D eigenvalue weighted by atomic mass is 31.2. The fourth-order valence-electron chi connectivity index (χ4n) is 10.00. The summed E-state index contributed by atoms with van der Waals surface area (Å²) in [5, 5.41) is 10.5. The van der Waals surface area contributed by atoms with Crippen molar-refractivity contribution in [2.24, 2.45) is 11.8 Å². The van der Waals surface area contributed by atoms with Gasteiger partial charge in [-0.05, 0) is 37.5 Å². The van der Waals surface area contributed by atoms with Crippen molar-refractivity contribution in [3.63, 3.8) is 0 Å². The Morgan fingerprint density at radius 3 is 0.826 bits per heavy atom. The van der Waals surface area contributed by atoms with E-state index in [1.807, 2.05) is 0 Å². The number of ether oxygens (including phenoxy) is 4. The van der Waals surface area contributed by atoms with Crippen LogP contribution in [-0.4, -0.2) is 96.7 Å². The highest BCUT2D eigenvalue weighted by molar-refractivity contribution is 7.47. The van der Waals surface area contributed by atoms with Gasteiger partial charge in [0.1, 0.15) is 19.3 Å². The lowest BCUT2D eigenvalue weighted by atomic mass is 9.99. The van der Waals surface area contributed by atoms with Crippen LogP contribution in [0.3, 0.4) is 0 Å². The van der Waals surface area contributed by atoms with E-state index < -0.39 is 97.5 Å². The number of rotatable bonds is 66. The lowest BCUT2D eigenvalue weighted by Gasteiger charge is -2.21. The Balaban J connectivity index is 5.06. The predicted molar refractivity (Wildman–Crippen MR) is 345 cm³/mol. The molecule has 0 saturated heterocycles. The molecule has 0 saturated carbocycles. The van der Waals surface area contributed by atoms with Crippen molar-refractivity contribution in [2.75, 3.05) is 39.6 Å². The molecule has 86 heavy (non-hydrogen) atoms. The van der Waals surface area contributed by atoms with Gasteiger partial charge in [0.15, 0.2) is 12.2 Å². The number of esters is 4. The minimum absolute atomic E-state index is 0.103. The molecule has 0 heterocycles. The Labute approximate surface area is 524 Å². The summed E-state index contributed by atoms with van der Waals surface area (Å²) in [6.07, 6.45) is 43.7. The van der Waals surface area contributed by atoms with Crippen LogP contribution in [0.25, 0.3) is 0 Å². The van der Waals surface area contributed by atoms with Crippen LogP contribution in [0.1, 0.15) is 337 Å². The molecule has 17 nitrogen and oxygen atoms in total. The standard InChI is InChI=1S/C67H130O17P2/c1-7-11-13-15-30-39-45-51-66(71)83-62(55-77-64(69)49-43-35-14-12-8-2)57-81-85(73,74)79-53-61(68)54-80-86(75,76)82-58-63(56-78-65(70)50-44-38-33-29-28-32-37-42-48-60(6)10-4)84-67(72)52-46-40-34-27-25-23-21-19-17-16-18-20-22-24-26-31-36-41-47-59(5)9-3/h59-63,68H,7-58H2,1-6H3,(H,73,74)(H,75,76)/t59?,60?,61-,62+,63+/m0/s1. The average molecular weight is 1270 g/mol. The first-order valence-electron chi connectivity index (χ1n) is 35.1. The van der Waals surface area contributed by atoms with E-state index in [-0.39, 0.29) is 25.7 Å². The predicted octanol–water partition coefficient (Wildman–Crippen LogP) is 18.8. The van der Waals surface area contributed by atoms with E-state index in [1.54, 1.807) is 0 Å². The number of hydrogen-bond donors (Lipinski definition) is 3. The molecule has 0 aliphatic carbocycles. The summed E-state index contributed by atoms with van der Waals surface area (Å²) >= 11 is 0. The Hall–Kier alpha value is -1.94. The van der Waals surface area contributed by atoms with Gasteiger partial charge in [-0.1, -0.05) is 286 Å². The second-order valence-corrected chi connectivity index (χ2v) is 27.6. The van der Waals surface area contributed by atoms with Gasteiger partial charge in [-0.25, -0.2) is 9.13 Å². The maximum absolute atomic E-state index is 13.0. The molecule has 19 heteroatoms. The monoisotopic (exact) mass is 1270 g/mol. The summed E-state index contributed by atoms with van der Waals surface area (Å²) in [6.45, 7) is 9.45. The number of unbranched alkanes of at least 4 members (excludes halogenated alkanes) is 34. The van der Waals surface area contributed by atoms with Crippen molar-refractivity contribution in [3.05, 3.63) is 0 Å². The first-order chi connectivity index (χ1) is 41.4. The molecule has 0 aliphatic heterocycles. The average Bonchev–Trinajstić information content (AvgIpc) is 3.67. The summed E-state index contributed by atoms with van der Waals surface area (Å²) in [6, 6.07) is 0. The fraction of sp³-hybridized carbons (Fsp3) is 0.940. The zero-order valence-electron chi connectivity index (χ0n) is 55.6. The van der Waals surface area contributed by atoms with Gasteiger partial charge in [-0.2, -0.15) is 0 Å². The molecule has 3 N–H and O–H groups in total. The van der Waals surface area contributed by atoms with Gasteiger partial charge in [0.25, 0.3) is 0 Å². The van der Waals surface area contributed by atoms with Crippen molar-refractivity contribution in [3.8, 4) is 0 Å². The first-order valence-corrected chi connectivity index (χ1v) is 38.1. The first kappa shape index (κ1) is 84.1. The van der Waals surface area contributed by atoms with Crippen molar-refractivity contribution in [1.82, 2.24) is 0 Å². The van der Waals surface area contributed by atoms with E-state index in [4.69, 9.17) is 37.0 Å². The Kier molecular flexibility index (Phi) is 58.0. The van der Waals surface area contributed by atoms with E-state index in [0.29, 0.717) is 25.7 Å². The minimum atomic E-state index is -4.95. The van der Waals surface area contributed by atoms with E-state index in [2.05, 4.69) is 41.5 Å². The zero-order valence-corrected chi connectivity index (χ0v) is 57.4. The van der Waals surface area contributed by atoms with Gasteiger partial charge < -0.3 is 33.8 Å². The van der Waals surface area contributed by atoms with Crippen LogP contribution in [0.4, 0.5) is 0 Å². The van der Waals surface area contributed by atoms with Crippen LogP contribution >= 0.6 is 15.6 Å². The van der Waals surface area contributed by atoms with E-state index in [1.165, 1.54) is 135 Å². The number of carbonyl (C=O) groups is 4. The summed E-state index contributed by atoms with van der Waals surface area (Å²) < 4.78 is 67.8. The molecule has 510 valence electrons. The summed E-state index contributed by atoms with van der Waals surface area (Å²) in [5.74, 6) is -0.498. The van der Waals surface area contributed by atoms with Crippen molar-refractivity contribution in [1.29, 1.82) is 0 Å². The molecule has 0 aromatic carbocycles. The SMILES string of the molecule is CCCCCCCCCC(=O)O[C@H](COC(=O)CCCCCCC)COP(=O)(O)OC[C@H](O)COP(=O)(O)OC[C@@H](COC(=O)CCCCCCCCCCC(C)CC)OC(=O)CCCCCCCCCCCCCCCCCCCCC(C)CC. The molecular formula is C67H130O17P2. The number of hydrogen-bond acceptors (Lipinski definition) is 15. The number of aliphatic hydroxyl groups excluding tert-OH is 1. The molecule has 0 aliphatic rings. The van der Waals surface area contributed by atoms with Crippen LogP contribution in [0.2, 0.25) is 0 Å². The summed E-state index contributed by atoms with van der Waals surface area (Å²) in [5.41, 5.74) is 0. The maximum atomic E-state index is 13.0. The molecule has 0 spiro atoms. The normalized spacial score (nSPS) is 14.8. The van der Waals surface area contributed by atoms with E-state index in [9.17, 15) is 43.2 Å². The molecule has 0 rings (SSSR count). The highest BCUT2D eigenvalue weighted by Crippen LogP contribution is 2.45. The fourth-order valence-corrected chi connectivity index (χ4v) is 11.6. The molecule has 0 radical (unpaired) electrons. The van der Waals surface area contributed by atoms with Crippen molar-refractivity contribution < 1.29 is 80.2 Å². The molecule has 0 aromatic rings. The quantitative estimate of drug-likeness (QED) is 0.0222. The van der Waals surface area contributed by atoms with Crippen LogP contribution in [0.5, 0.6) is 0 Å². The second kappa shape index (κ2) is 59.4. The molecule has 0 aromatic heterocycles. The van der Waals surface area contributed by atoms with Crippen LogP contribution < -0.4 is 0 Å². The third kappa shape index (κ3) is 58.4. The molecule has 0 bridgehead atoms. The molecule has 4 unspecified atom stereocenters. The third-order valence-electron chi connectivity index (χ3n) is 16.2. The molecule has 0 fully saturated rings. The summed E-state index contributed by atoms with van der Waals surface area (Å²) in [7, 11) is -9.88. The number of phosphoric acid groups is 2. The second-order valence-electron chi connectivity index (χ2n) is 24.7. The lowest BCUT2D eigenvalue weighted by molar-refractivity contribution is -0.161. The molecule has 7 atom stereocenters. The van der Waals surface area contributed by atoms with Crippen LogP contribution in [0, 0.1) is 11.8 Å². The van der Waals surface area contributed by atoms with Gasteiger partial charge in [0.2, 0.25) is 0 Å². The largest absolute Gasteiger partial charge is 0.472 e. The van der Waals surface area contributed by atoms with Crippen LogP contribution in [0.15, 0.2) is 0 Å². The smallest absolute Gasteiger partial charge is 0.462 e. The number of aliphatic hydroxyl groups is 1. The highest BCUT2D eigenvalue weighted by Gasteiger charge is 2.30. The van der Waals surface area contributed by atoms with Gasteiger partial charge in [0, 0.05) is 25.7 Å². The maximum Gasteiger partial charge on any atom is 0.472 e. The van der Waals surface area contributed by atoms with Gasteiger partial charge in [-0.15, -0.1) is 0 Å².